The fourth-order valence-electron chi connectivity index (χ4n) is 2.34. The molecule has 0 amide bonds. The van der Waals surface area contributed by atoms with Crippen LogP contribution in [0.5, 0.6) is 0 Å². The lowest BCUT2D eigenvalue weighted by Crippen LogP contribution is -2.42. The molecule has 0 aromatic heterocycles. The summed E-state index contributed by atoms with van der Waals surface area (Å²) in [6, 6.07) is 4.97. The van der Waals surface area contributed by atoms with Crippen molar-refractivity contribution in [1.29, 1.82) is 0 Å². The Morgan fingerprint density at radius 1 is 1.48 bits per heavy atom. The third-order valence-electron chi connectivity index (χ3n) is 3.69. The summed E-state index contributed by atoms with van der Waals surface area (Å²) in [5.41, 5.74) is 7.25. The van der Waals surface area contributed by atoms with Gasteiger partial charge in [0, 0.05) is 31.1 Å². The number of hydrogen-bond acceptors (Lipinski definition) is 5. The Morgan fingerprint density at radius 3 is 2.81 bits per heavy atom. The van der Waals surface area contributed by atoms with Gasteiger partial charge in [-0.1, -0.05) is 6.07 Å². The number of thioether (sulfide) groups is 1. The second-order valence-electron chi connectivity index (χ2n) is 5.14. The van der Waals surface area contributed by atoms with Gasteiger partial charge in [-0.3, -0.25) is 0 Å². The van der Waals surface area contributed by atoms with Gasteiger partial charge in [0.05, 0.1) is 11.5 Å². The third-order valence-corrected chi connectivity index (χ3v) is 6.78. The second kappa shape index (κ2) is 7.00. The van der Waals surface area contributed by atoms with Gasteiger partial charge >= 0.3 is 0 Å². The fourth-order valence-corrected chi connectivity index (χ4v) is 5.34. The van der Waals surface area contributed by atoms with Crippen molar-refractivity contribution >= 4 is 27.5 Å². The van der Waals surface area contributed by atoms with Crippen LogP contribution in [0.2, 0.25) is 0 Å². The van der Waals surface area contributed by atoms with Gasteiger partial charge in [0.15, 0.2) is 0 Å². The van der Waals surface area contributed by atoms with E-state index in [2.05, 4.69) is 0 Å². The number of ether oxygens (including phenoxy) is 1. The molecule has 0 bridgehead atoms. The van der Waals surface area contributed by atoms with Crippen molar-refractivity contribution in [2.45, 2.75) is 24.3 Å². The number of sulfonamides is 1. The van der Waals surface area contributed by atoms with Crippen molar-refractivity contribution in [3.05, 3.63) is 23.8 Å². The number of rotatable bonds is 6. The van der Waals surface area contributed by atoms with Gasteiger partial charge in [-0.25, -0.2) is 8.42 Å². The lowest BCUT2D eigenvalue weighted by atomic mass is 10.2. The first-order chi connectivity index (χ1) is 9.96. The molecule has 118 valence electrons. The summed E-state index contributed by atoms with van der Waals surface area (Å²) in [6.07, 6.45) is 0.884. The van der Waals surface area contributed by atoms with Gasteiger partial charge in [0.1, 0.15) is 0 Å². The molecular formula is C14H22N2O3S2. The molecule has 7 heteroatoms. The summed E-state index contributed by atoms with van der Waals surface area (Å²) in [5, 5.41) is 0. The number of nitrogens with two attached hydrogens (primary N) is 1. The van der Waals surface area contributed by atoms with Gasteiger partial charge < -0.3 is 10.5 Å². The van der Waals surface area contributed by atoms with Crippen LogP contribution < -0.4 is 5.73 Å². The molecular weight excluding hydrogens is 308 g/mol. The van der Waals surface area contributed by atoms with Crippen molar-refractivity contribution in [3.8, 4) is 0 Å². The Labute approximate surface area is 130 Å². The molecule has 0 aliphatic carbocycles. The highest BCUT2D eigenvalue weighted by molar-refractivity contribution is 7.99. The maximum atomic E-state index is 12.9. The van der Waals surface area contributed by atoms with E-state index >= 15 is 0 Å². The highest BCUT2D eigenvalue weighted by Gasteiger charge is 2.33. The Kier molecular flexibility index (Phi) is 5.54. The molecule has 1 aliphatic heterocycles. The lowest BCUT2D eigenvalue weighted by molar-refractivity contribution is 0.169. The van der Waals surface area contributed by atoms with E-state index in [-0.39, 0.29) is 10.9 Å². The van der Waals surface area contributed by atoms with Crippen LogP contribution in [0.1, 0.15) is 12.0 Å². The lowest BCUT2D eigenvalue weighted by Gasteiger charge is -2.27. The fraction of sp³-hybridized carbons (Fsp3) is 0.571. The highest BCUT2D eigenvalue weighted by atomic mass is 32.2. The predicted molar refractivity (Wildman–Crippen MR) is 87.1 cm³/mol. The molecule has 21 heavy (non-hydrogen) atoms. The van der Waals surface area contributed by atoms with Gasteiger partial charge in [0.2, 0.25) is 10.0 Å². The topological polar surface area (TPSA) is 72.6 Å². The number of anilines is 1. The van der Waals surface area contributed by atoms with E-state index in [0.717, 1.165) is 23.5 Å². The Balaban J connectivity index is 2.33. The molecule has 1 atom stereocenters. The zero-order valence-electron chi connectivity index (χ0n) is 12.4. The van der Waals surface area contributed by atoms with Crippen LogP contribution in [0, 0.1) is 6.92 Å². The minimum absolute atomic E-state index is 0.0395. The summed E-state index contributed by atoms with van der Waals surface area (Å²) in [4.78, 5) is 0.263. The van der Waals surface area contributed by atoms with Crippen LogP contribution in [0.3, 0.4) is 0 Å². The normalized spacial score (nSPS) is 19.3. The maximum Gasteiger partial charge on any atom is 0.243 e. The molecule has 0 saturated carbocycles. The molecule has 1 saturated heterocycles. The molecule has 0 radical (unpaired) electrons. The summed E-state index contributed by atoms with van der Waals surface area (Å²) in [5.74, 6) is 1.84. The quantitative estimate of drug-likeness (QED) is 0.804. The van der Waals surface area contributed by atoms with Crippen molar-refractivity contribution in [2.24, 2.45) is 0 Å². The molecule has 1 aliphatic rings. The average Bonchev–Trinajstić information content (AvgIpc) is 2.96. The molecule has 2 rings (SSSR count). The molecule has 0 spiro atoms. The van der Waals surface area contributed by atoms with E-state index in [1.807, 2.05) is 6.92 Å². The SMILES string of the molecule is COCCN(C1CCSC1)S(=O)(=O)c1ccc(C)c(N)c1. The van der Waals surface area contributed by atoms with E-state index in [0.29, 0.717) is 18.8 Å². The summed E-state index contributed by atoms with van der Waals surface area (Å²) in [6.45, 7) is 2.63. The van der Waals surface area contributed by atoms with Gasteiger partial charge in [-0.15, -0.1) is 0 Å². The standard InChI is InChI=1S/C14H22N2O3S2/c1-11-3-4-13(9-14(11)15)21(17,18)16(6-7-19-2)12-5-8-20-10-12/h3-4,9,12H,5-8,10,15H2,1-2H3. The van der Waals surface area contributed by atoms with Crippen molar-refractivity contribution in [3.63, 3.8) is 0 Å². The molecule has 1 aromatic carbocycles. The number of nitrogens with zero attached hydrogens (tertiary/aromatic N) is 1. The zero-order chi connectivity index (χ0) is 15.5. The Morgan fingerprint density at radius 2 is 2.24 bits per heavy atom. The molecule has 1 unspecified atom stereocenters. The Bertz CT molecular complexity index is 584. The molecule has 1 aromatic rings. The van der Waals surface area contributed by atoms with E-state index in [9.17, 15) is 8.42 Å². The maximum absolute atomic E-state index is 12.9. The van der Waals surface area contributed by atoms with E-state index in [4.69, 9.17) is 10.5 Å². The number of methoxy groups -OCH3 is 1. The molecule has 1 heterocycles. The van der Waals surface area contributed by atoms with Gasteiger partial charge in [-0.2, -0.15) is 16.1 Å². The van der Waals surface area contributed by atoms with E-state index in [1.165, 1.54) is 0 Å². The largest absolute Gasteiger partial charge is 0.398 e. The van der Waals surface area contributed by atoms with E-state index < -0.39 is 10.0 Å². The van der Waals surface area contributed by atoms with Crippen LogP contribution in [-0.4, -0.2) is 50.5 Å². The zero-order valence-corrected chi connectivity index (χ0v) is 14.0. The predicted octanol–water partition coefficient (Wildman–Crippen LogP) is 1.72. The minimum Gasteiger partial charge on any atom is -0.398 e. The number of benzene rings is 1. The monoisotopic (exact) mass is 330 g/mol. The Hall–Kier alpha value is -0.760. The average molecular weight is 330 g/mol. The first-order valence-corrected chi connectivity index (χ1v) is 9.51. The minimum atomic E-state index is -3.54. The van der Waals surface area contributed by atoms with Crippen LogP contribution >= 0.6 is 11.8 Å². The summed E-state index contributed by atoms with van der Waals surface area (Å²) in [7, 11) is -1.95. The third kappa shape index (κ3) is 3.71. The smallest absolute Gasteiger partial charge is 0.243 e. The van der Waals surface area contributed by atoms with Gasteiger partial charge in [-0.05, 0) is 36.8 Å². The van der Waals surface area contributed by atoms with Crippen molar-refractivity contribution in [1.82, 2.24) is 4.31 Å². The van der Waals surface area contributed by atoms with Crippen LogP contribution in [-0.2, 0) is 14.8 Å². The molecule has 5 nitrogen and oxygen atoms in total. The molecule has 1 fully saturated rings. The van der Waals surface area contributed by atoms with Crippen LogP contribution in [0.25, 0.3) is 0 Å². The second-order valence-corrected chi connectivity index (χ2v) is 8.18. The highest BCUT2D eigenvalue weighted by Crippen LogP contribution is 2.28. The van der Waals surface area contributed by atoms with Crippen molar-refractivity contribution in [2.75, 3.05) is 37.5 Å². The first-order valence-electron chi connectivity index (χ1n) is 6.91. The summed E-state index contributed by atoms with van der Waals surface area (Å²) < 4.78 is 32.4. The molecule has 2 N–H and O–H groups in total. The van der Waals surface area contributed by atoms with Crippen molar-refractivity contribution < 1.29 is 13.2 Å². The number of aryl methyl sites for hydroxylation is 1. The van der Waals surface area contributed by atoms with Crippen LogP contribution in [0.15, 0.2) is 23.1 Å². The first kappa shape index (κ1) is 16.6. The van der Waals surface area contributed by atoms with Crippen LogP contribution in [0.4, 0.5) is 5.69 Å². The number of nitrogen functional groups attached to an aromatic ring is 1. The van der Waals surface area contributed by atoms with E-state index in [1.54, 1.807) is 41.4 Å². The van der Waals surface area contributed by atoms with Gasteiger partial charge in [0.25, 0.3) is 0 Å². The summed E-state index contributed by atoms with van der Waals surface area (Å²) >= 11 is 1.79. The number of hydrogen-bond donors (Lipinski definition) is 1.